The van der Waals surface area contributed by atoms with Crippen LogP contribution in [0.1, 0.15) is 29.5 Å². The number of halogens is 3. The molecule has 0 spiro atoms. The van der Waals surface area contributed by atoms with E-state index in [1.165, 1.54) is 17.3 Å². The van der Waals surface area contributed by atoms with Gasteiger partial charge in [0.05, 0.1) is 11.5 Å². The number of nitrogens with zero attached hydrogens (tertiary/aromatic N) is 3. The molecule has 3 heterocycles. The number of amides is 1. The average Bonchev–Trinajstić information content (AvgIpc) is 2.72. The Bertz CT molecular complexity index is 868. The molecule has 2 aliphatic rings. The van der Waals surface area contributed by atoms with E-state index in [0.717, 1.165) is 31.4 Å². The van der Waals surface area contributed by atoms with E-state index >= 15 is 0 Å². The van der Waals surface area contributed by atoms with E-state index in [4.69, 9.17) is 0 Å². The van der Waals surface area contributed by atoms with Crippen molar-refractivity contribution >= 4 is 11.7 Å². The zero-order valence-corrected chi connectivity index (χ0v) is 15.5. The van der Waals surface area contributed by atoms with Crippen LogP contribution in [0.4, 0.5) is 19.0 Å². The van der Waals surface area contributed by atoms with Crippen LogP contribution in [0.2, 0.25) is 0 Å². The van der Waals surface area contributed by atoms with Crippen molar-refractivity contribution in [3.8, 4) is 0 Å². The van der Waals surface area contributed by atoms with E-state index in [1.54, 1.807) is 4.90 Å². The molecule has 28 heavy (non-hydrogen) atoms. The van der Waals surface area contributed by atoms with Crippen molar-refractivity contribution in [2.24, 2.45) is 5.92 Å². The second kappa shape index (κ2) is 7.45. The number of piperidine rings is 1. The van der Waals surface area contributed by atoms with Crippen molar-refractivity contribution in [2.75, 3.05) is 24.5 Å². The number of alkyl halides is 3. The molecule has 1 unspecified atom stereocenters. The number of hydrogen-bond acceptors (Lipinski definition) is 3. The zero-order valence-electron chi connectivity index (χ0n) is 15.5. The van der Waals surface area contributed by atoms with Gasteiger partial charge in [0, 0.05) is 32.4 Å². The monoisotopic (exact) mass is 389 g/mol. The summed E-state index contributed by atoms with van der Waals surface area (Å²) in [6, 6.07) is 10.2. The molecule has 4 rings (SSSR count). The van der Waals surface area contributed by atoms with Crippen LogP contribution in [0, 0.1) is 5.92 Å². The SMILES string of the molecule is O=C(C1CCCN(c2cc(C(F)(F)F)ccn2)C1)N1CCc2ccccc2C1. The van der Waals surface area contributed by atoms with Gasteiger partial charge in [-0.1, -0.05) is 24.3 Å². The molecular formula is C21H22F3N3O. The molecule has 0 aliphatic carbocycles. The van der Waals surface area contributed by atoms with Gasteiger partial charge < -0.3 is 9.80 Å². The van der Waals surface area contributed by atoms with Crippen LogP contribution >= 0.6 is 0 Å². The Hall–Kier alpha value is -2.57. The van der Waals surface area contributed by atoms with Gasteiger partial charge in [-0.15, -0.1) is 0 Å². The smallest absolute Gasteiger partial charge is 0.356 e. The number of aromatic nitrogens is 1. The number of carbonyl (C=O) groups excluding carboxylic acids is 1. The third kappa shape index (κ3) is 3.84. The molecule has 0 radical (unpaired) electrons. The number of carbonyl (C=O) groups is 1. The molecule has 1 aromatic heterocycles. The average molecular weight is 389 g/mol. The predicted octanol–water partition coefficient (Wildman–Crippen LogP) is 3.90. The third-order valence-corrected chi connectivity index (χ3v) is 5.61. The van der Waals surface area contributed by atoms with E-state index in [1.807, 2.05) is 17.0 Å². The molecule has 148 valence electrons. The fraction of sp³-hybridized carbons (Fsp3) is 0.429. The molecule has 0 saturated carbocycles. The van der Waals surface area contributed by atoms with Crippen molar-refractivity contribution in [1.82, 2.24) is 9.88 Å². The van der Waals surface area contributed by atoms with Gasteiger partial charge in [-0.05, 0) is 42.5 Å². The largest absolute Gasteiger partial charge is 0.416 e. The highest BCUT2D eigenvalue weighted by Crippen LogP contribution is 2.32. The zero-order chi connectivity index (χ0) is 19.7. The first-order valence-electron chi connectivity index (χ1n) is 9.55. The number of pyridine rings is 1. The first-order chi connectivity index (χ1) is 13.4. The molecule has 0 bridgehead atoms. The van der Waals surface area contributed by atoms with Crippen LogP contribution in [-0.4, -0.2) is 35.4 Å². The van der Waals surface area contributed by atoms with E-state index in [9.17, 15) is 18.0 Å². The summed E-state index contributed by atoms with van der Waals surface area (Å²) in [7, 11) is 0. The minimum atomic E-state index is -4.40. The number of hydrogen-bond donors (Lipinski definition) is 0. The molecule has 0 N–H and O–H groups in total. The van der Waals surface area contributed by atoms with Gasteiger partial charge in [-0.25, -0.2) is 4.98 Å². The molecule has 1 amide bonds. The third-order valence-electron chi connectivity index (χ3n) is 5.61. The molecule has 2 aromatic rings. The summed E-state index contributed by atoms with van der Waals surface area (Å²) in [5, 5.41) is 0. The quantitative estimate of drug-likeness (QED) is 0.782. The van der Waals surface area contributed by atoms with Crippen molar-refractivity contribution in [3.63, 3.8) is 0 Å². The van der Waals surface area contributed by atoms with Crippen LogP contribution in [0.3, 0.4) is 0 Å². The summed E-state index contributed by atoms with van der Waals surface area (Å²) in [6.45, 7) is 2.31. The number of benzene rings is 1. The minimum absolute atomic E-state index is 0.0891. The lowest BCUT2D eigenvalue weighted by Crippen LogP contribution is -2.46. The summed E-state index contributed by atoms with van der Waals surface area (Å²) >= 11 is 0. The maximum atomic E-state index is 13.1. The Labute approximate surface area is 162 Å². The van der Waals surface area contributed by atoms with Crippen LogP contribution in [0.25, 0.3) is 0 Å². The normalized spacial score (nSPS) is 20.0. The highest BCUT2D eigenvalue weighted by molar-refractivity contribution is 5.80. The van der Waals surface area contributed by atoms with Crippen molar-refractivity contribution in [3.05, 3.63) is 59.3 Å². The van der Waals surface area contributed by atoms with Crippen molar-refractivity contribution < 1.29 is 18.0 Å². The van der Waals surface area contributed by atoms with E-state index in [0.29, 0.717) is 26.2 Å². The van der Waals surface area contributed by atoms with Gasteiger partial charge in [-0.2, -0.15) is 13.2 Å². The van der Waals surface area contributed by atoms with Gasteiger partial charge in [0.1, 0.15) is 5.82 Å². The number of rotatable bonds is 2. The Kier molecular flexibility index (Phi) is 5.00. The topological polar surface area (TPSA) is 36.4 Å². The van der Waals surface area contributed by atoms with Crippen molar-refractivity contribution in [1.29, 1.82) is 0 Å². The lowest BCUT2D eigenvalue weighted by molar-refractivity contribution is -0.138. The summed E-state index contributed by atoms with van der Waals surface area (Å²) in [5.74, 6) is 0.165. The van der Waals surface area contributed by atoms with Crippen LogP contribution < -0.4 is 4.90 Å². The molecule has 1 aromatic carbocycles. The summed E-state index contributed by atoms with van der Waals surface area (Å²) < 4.78 is 39.0. The molecule has 7 heteroatoms. The standard InChI is InChI=1S/C21H22F3N3O/c22-21(23,24)18-7-9-25-19(12-18)26-10-3-6-17(14-26)20(28)27-11-8-15-4-1-2-5-16(15)13-27/h1-2,4-5,7,9,12,17H,3,6,8,10-11,13-14H2. The first kappa shape index (κ1) is 18.8. The van der Waals surface area contributed by atoms with Gasteiger partial charge >= 0.3 is 6.18 Å². The maximum Gasteiger partial charge on any atom is 0.416 e. The van der Waals surface area contributed by atoms with E-state index < -0.39 is 11.7 Å². The summed E-state index contributed by atoms with van der Waals surface area (Å²) in [5.41, 5.74) is 1.75. The minimum Gasteiger partial charge on any atom is -0.356 e. The van der Waals surface area contributed by atoms with Gasteiger partial charge in [0.25, 0.3) is 0 Å². The van der Waals surface area contributed by atoms with Crippen LogP contribution in [0.5, 0.6) is 0 Å². The van der Waals surface area contributed by atoms with E-state index in [-0.39, 0.29) is 17.6 Å². The molecule has 2 aliphatic heterocycles. The second-order valence-corrected chi connectivity index (χ2v) is 7.46. The lowest BCUT2D eigenvalue weighted by atomic mass is 9.94. The molecule has 1 atom stereocenters. The summed E-state index contributed by atoms with van der Waals surface area (Å²) in [6.07, 6.45) is -0.853. The molecule has 4 nitrogen and oxygen atoms in total. The highest BCUT2D eigenvalue weighted by atomic mass is 19.4. The van der Waals surface area contributed by atoms with Crippen LogP contribution in [0.15, 0.2) is 42.6 Å². The second-order valence-electron chi connectivity index (χ2n) is 7.46. The van der Waals surface area contributed by atoms with Crippen LogP contribution in [-0.2, 0) is 23.9 Å². The van der Waals surface area contributed by atoms with Gasteiger partial charge in [0.15, 0.2) is 0 Å². The molecule has 1 saturated heterocycles. The summed E-state index contributed by atoms with van der Waals surface area (Å²) in [4.78, 5) is 20.9. The Morgan fingerprint density at radius 2 is 1.89 bits per heavy atom. The molecule has 1 fully saturated rings. The Morgan fingerprint density at radius 3 is 2.68 bits per heavy atom. The fourth-order valence-corrected chi connectivity index (χ4v) is 4.10. The first-order valence-corrected chi connectivity index (χ1v) is 9.55. The van der Waals surface area contributed by atoms with Gasteiger partial charge in [0.2, 0.25) is 5.91 Å². The Morgan fingerprint density at radius 1 is 1.11 bits per heavy atom. The molecular weight excluding hydrogens is 367 g/mol. The van der Waals surface area contributed by atoms with Crippen molar-refractivity contribution in [2.45, 2.75) is 32.0 Å². The maximum absolute atomic E-state index is 13.1. The lowest BCUT2D eigenvalue weighted by Gasteiger charge is -2.37. The van der Waals surface area contributed by atoms with Gasteiger partial charge in [-0.3, -0.25) is 4.79 Å². The van der Waals surface area contributed by atoms with E-state index in [2.05, 4.69) is 17.1 Å². The number of anilines is 1. The predicted molar refractivity (Wildman–Crippen MR) is 99.7 cm³/mol. The Balaban J connectivity index is 1.46. The number of fused-ring (bicyclic) bond motifs is 1. The highest BCUT2D eigenvalue weighted by Gasteiger charge is 2.34. The fourth-order valence-electron chi connectivity index (χ4n) is 4.10.